The van der Waals surface area contributed by atoms with Gasteiger partial charge in [0.15, 0.2) is 0 Å². The van der Waals surface area contributed by atoms with Crippen molar-refractivity contribution >= 4 is 16.4 Å². The average Bonchev–Trinajstić information content (AvgIpc) is 2.43. The minimum Gasteiger partial charge on any atom is -0.500 e. The molecule has 0 amide bonds. The molecule has 0 unspecified atom stereocenters. The molecule has 1 aliphatic heterocycles. The molecule has 1 aromatic carbocycles. The molecule has 0 radical (unpaired) electrons. The largest absolute Gasteiger partial charge is 0.500 e. The van der Waals surface area contributed by atoms with E-state index in [4.69, 9.17) is 4.74 Å². The summed E-state index contributed by atoms with van der Waals surface area (Å²) in [5, 5.41) is 0. The molecule has 2 nitrogen and oxygen atoms in total. The second-order valence-corrected chi connectivity index (χ2v) is 7.33. The van der Waals surface area contributed by atoms with Crippen LogP contribution in [0.1, 0.15) is 32.3 Å². The van der Waals surface area contributed by atoms with Crippen molar-refractivity contribution in [1.29, 1.82) is 0 Å². The van der Waals surface area contributed by atoms with Gasteiger partial charge in [-0.25, -0.2) is 0 Å². The van der Waals surface area contributed by atoms with Crippen LogP contribution in [0, 0.1) is 5.41 Å². The lowest BCUT2D eigenvalue weighted by Crippen LogP contribution is -2.31. The molecular formula is C16H22O2S. The van der Waals surface area contributed by atoms with Crippen molar-refractivity contribution in [1.82, 2.24) is 0 Å². The fourth-order valence-electron chi connectivity index (χ4n) is 2.23. The lowest BCUT2D eigenvalue weighted by Gasteiger charge is -2.32. The minimum absolute atomic E-state index is 0.182. The summed E-state index contributed by atoms with van der Waals surface area (Å²) >= 11 is 0. The first kappa shape index (κ1) is 14.3. The van der Waals surface area contributed by atoms with E-state index in [-0.39, 0.29) is 5.41 Å². The number of ether oxygens (including phenoxy) is 1. The van der Waals surface area contributed by atoms with Crippen LogP contribution in [-0.2, 0) is 15.5 Å². The molecular weight excluding hydrogens is 256 g/mol. The number of hydrogen-bond donors (Lipinski definition) is 0. The standard InChI is InChI=1S/C16H22O2S/c1-14(15-6-4-3-5-7-15)12-18-13-16(2)8-10-19(17)11-9-16/h3-7,12H,8-11,13H2,1-2H3/b14-12-. The van der Waals surface area contributed by atoms with Crippen molar-refractivity contribution < 1.29 is 8.95 Å². The molecule has 1 saturated heterocycles. The summed E-state index contributed by atoms with van der Waals surface area (Å²) in [5.74, 6) is 1.64. The van der Waals surface area contributed by atoms with Gasteiger partial charge in [-0.2, -0.15) is 0 Å². The predicted molar refractivity (Wildman–Crippen MR) is 81.3 cm³/mol. The number of hydrogen-bond acceptors (Lipinski definition) is 2. The van der Waals surface area contributed by atoms with Crippen molar-refractivity contribution in [2.24, 2.45) is 5.41 Å². The van der Waals surface area contributed by atoms with Gasteiger partial charge in [0.25, 0.3) is 0 Å². The molecule has 0 spiro atoms. The maximum Gasteiger partial charge on any atom is 0.0927 e. The summed E-state index contributed by atoms with van der Waals surface area (Å²) < 4.78 is 17.1. The summed E-state index contributed by atoms with van der Waals surface area (Å²) in [6, 6.07) is 10.2. The van der Waals surface area contributed by atoms with Crippen molar-refractivity contribution in [3.05, 3.63) is 42.2 Å². The van der Waals surface area contributed by atoms with Crippen LogP contribution in [0.3, 0.4) is 0 Å². The lowest BCUT2D eigenvalue weighted by atomic mass is 9.85. The average molecular weight is 278 g/mol. The molecule has 0 N–H and O–H groups in total. The highest BCUT2D eigenvalue weighted by Crippen LogP contribution is 2.31. The quantitative estimate of drug-likeness (QED) is 0.786. The third kappa shape index (κ3) is 4.20. The Balaban J connectivity index is 1.87. The number of allylic oxidation sites excluding steroid dienone is 1. The van der Waals surface area contributed by atoms with Crippen LogP contribution >= 0.6 is 0 Å². The van der Waals surface area contributed by atoms with E-state index in [0.29, 0.717) is 6.61 Å². The second kappa shape index (κ2) is 6.38. The van der Waals surface area contributed by atoms with Gasteiger partial charge in [0.05, 0.1) is 12.9 Å². The fraction of sp³-hybridized carbons (Fsp3) is 0.500. The van der Waals surface area contributed by atoms with E-state index in [1.165, 1.54) is 5.56 Å². The first-order valence-corrected chi connectivity index (χ1v) is 8.27. The van der Waals surface area contributed by atoms with Crippen LogP contribution in [0.4, 0.5) is 0 Å². The van der Waals surface area contributed by atoms with Crippen LogP contribution < -0.4 is 0 Å². The first-order chi connectivity index (χ1) is 9.09. The Morgan fingerprint density at radius 2 is 1.95 bits per heavy atom. The zero-order valence-electron chi connectivity index (χ0n) is 11.7. The Morgan fingerprint density at radius 3 is 2.58 bits per heavy atom. The highest BCUT2D eigenvalue weighted by Gasteiger charge is 2.30. The van der Waals surface area contributed by atoms with Crippen LogP contribution in [0.5, 0.6) is 0 Å². The van der Waals surface area contributed by atoms with E-state index in [9.17, 15) is 4.21 Å². The Kier molecular flexibility index (Phi) is 4.81. The molecule has 104 valence electrons. The van der Waals surface area contributed by atoms with Gasteiger partial charge in [-0.1, -0.05) is 37.3 Å². The summed E-state index contributed by atoms with van der Waals surface area (Å²) in [5.41, 5.74) is 2.52. The predicted octanol–water partition coefficient (Wildman–Crippen LogP) is 3.61. The third-order valence-corrected chi connectivity index (χ3v) is 5.11. The molecule has 0 aromatic heterocycles. The highest BCUT2D eigenvalue weighted by molar-refractivity contribution is 7.85. The molecule has 1 aliphatic rings. The van der Waals surface area contributed by atoms with E-state index in [0.717, 1.165) is 29.9 Å². The topological polar surface area (TPSA) is 26.3 Å². The van der Waals surface area contributed by atoms with Crippen LogP contribution in [-0.4, -0.2) is 22.3 Å². The molecule has 0 atom stereocenters. The van der Waals surface area contributed by atoms with Crippen molar-refractivity contribution in [2.45, 2.75) is 26.7 Å². The third-order valence-electron chi connectivity index (χ3n) is 3.79. The molecule has 3 heteroatoms. The Labute approximate surface area is 118 Å². The minimum atomic E-state index is -0.602. The molecule has 1 heterocycles. The van der Waals surface area contributed by atoms with Gasteiger partial charge >= 0.3 is 0 Å². The van der Waals surface area contributed by atoms with E-state index in [1.807, 2.05) is 24.5 Å². The maximum atomic E-state index is 11.4. The summed E-state index contributed by atoms with van der Waals surface area (Å²) in [4.78, 5) is 0. The van der Waals surface area contributed by atoms with Crippen LogP contribution in [0.2, 0.25) is 0 Å². The Hall–Kier alpha value is -1.09. The molecule has 0 saturated carbocycles. The van der Waals surface area contributed by atoms with Gasteiger partial charge in [-0.3, -0.25) is 4.21 Å². The highest BCUT2D eigenvalue weighted by atomic mass is 32.2. The number of benzene rings is 1. The Morgan fingerprint density at radius 1 is 1.32 bits per heavy atom. The second-order valence-electron chi connectivity index (χ2n) is 5.64. The van der Waals surface area contributed by atoms with Gasteiger partial charge in [0, 0.05) is 27.7 Å². The van der Waals surface area contributed by atoms with E-state index >= 15 is 0 Å². The lowest BCUT2D eigenvalue weighted by molar-refractivity contribution is 0.114. The molecule has 2 rings (SSSR count). The molecule has 19 heavy (non-hydrogen) atoms. The van der Waals surface area contributed by atoms with Crippen molar-refractivity contribution in [3.8, 4) is 0 Å². The van der Waals surface area contributed by atoms with Crippen LogP contribution in [0.25, 0.3) is 5.57 Å². The fourth-order valence-corrected chi connectivity index (χ4v) is 3.87. The van der Waals surface area contributed by atoms with Gasteiger partial charge in [0.1, 0.15) is 0 Å². The normalized spacial score (nSPS) is 28.1. The molecule has 1 fully saturated rings. The first-order valence-electron chi connectivity index (χ1n) is 6.78. The molecule has 0 bridgehead atoms. The van der Waals surface area contributed by atoms with Crippen molar-refractivity contribution in [3.63, 3.8) is 0 Å². The monoisotopic (exact) mass is 278 g/mol. The summed E-state index contributed by atoms with van der Waals surface area (Å²) in [6.45, 7) is 5.01. The van der Waals surface area contributed by atoms with Crippen LogP contribution in [0.15, 0.2) is 36.6 Å². The van der Waals surface area contributed by atoms with E-state index in [2.05, 4.69) is 26.0 Å². The molecule has 0 aliphatic carbocycles. The van der Waals surface area contributed by atoms with Gasteiger partial charge in [0.2, 0.25) is 0 Å². The Bertz CT molecular complexity index is 455. The smallest absolute Gasteiger partial charge is 0.0927 e. The zero-order valence-corrected chi connectivity index (χ0v) is 12.5. The van der Waals surface area contributed by atoms with Gasteiger partial charge < -0.3 is 4.74 Å². The summed E-state index contributed by atoms with van der Waals surface area (Å²) in [7, 11) is -0.602. The summed E-state index contributed by atoms with van der Waals surface area (Å²) in [6.07, 6.45) is 3.85. The van der Waals surface area contributed by atoms with Gasteiger partial charge in [-0.15, -0.1) is 0 Å². The van der Waals surface area contributed by atoms with E-state index < -0.39 is 10.8 Å². The maximum absolute atomic E-state index is 11.4. The molecule has 1 aromatic rings. The number of rotatable bonds is 4. The van der Waals surface area contributed by atoms with Crippen molar-refractivity contribution in [2.75, 3.05) is 18.1 Å². The van der Waals surface area contributed by atoms with E-state index in [1.54, 1.807) is 0 Å². The SMILES string of the molecule is C/C(=C/OCC1(C)CCS(=O)CC1)c1ccccc1. The van der Waals surface area contributed by atoms with Gasteiger partial charge in [-0.05, 0) is 30.9 Å². The zero-order chi connectivity index (χ0) is 13.7.